The van der Waals surface area contributed by atoms with Crippen LogP contribution < -0.4 is 5.32 Å². The minimum atomic E-state index is 0. The largest absolute Gasteiger partial charge is 0.368 e. The van der Waals surface area contributed by atoms with Gasteiger partial charge >= 0.3 is 0 Å². The maximum atomic E-state index is 6.01. The standard InChI is InChI=1S/C17H29N3OS.ClH/c1-16(2,3)14-10-22-15(19-14)13-9-20(7-8-21-13)12-17(4)5-6-18-11-17;/h10,13,18H,5-9,11-12H2,1-4H3;1H. The molecular weight excluding hydrogens is 330 g/mol. The van der Waals surface area contributed by atoms with E-state index in [0.29, 0.717) is 5.41 Å². The second kappa shape index (κ2) is 7.36. The van der Waals surface area contributed by atoms with E-state index in [1.807, 2.05) is 0 Å². The van der Waals surface area contributed by atoms with E-state index in [0.717, 1.165) is 44.3 Å². The summed E-state index contributed by atoms with van der Waals surface area (Å²) in [5, 5.41) is 6.83. The fourth-order valence-electron chi connectivity index (χ4n) is 3.32. The minimum absolute atomic E-state index is 0. The number of hydrogen-bond acceptors (Lipinski definition) is 5. The first-order valence-electron chi connectivity index (χ1n) is 8.36. The Hall–Kier alpha value is -0.200. The summed E-state index contributed by atoms with van der Waals surface area (Å²) in [4.78, 5) is 7.41. The topological polar surface area (TPSA) is 37.4 Å². The summed E-state index contributed by atoms with van der Waals surface area (Å²) < 4.78 is 6.01. The van der Waals surface area contributed by atoms with Crippen LogP contribution in [0.25, 0.3) is 0 Å². The maximum Gasteiger partial charge on any atom is 0.123 e. The quantitative estimate of drug-likeness (QED) is 0.899. The van der Waals surface area contributed by atoms with E-state index in [4.69, 9.17) is 9.72 Å². The maximum absolute atomic E-state index is 6.01. The molecule has 3 heterocycles. The normalized spacial score (nSPS) is 29.5. The lowest BCUT2D eigenvalue weighted by atomic mass is 9.89. The summed E-state index contributed by atoms with van der Waals surface area (Å²) in [6.07, 6.45) is 1.42. The van der Waals surface area contributed by atoms with Crippen molar-refractivity contribution in [2.24, 2.45) is 5.41 Å². The Morgan fingerprint density at radius 3 is 2.87 bits per heavy atom. The summed E-state index contributed by atoms with van der Waals surface area (Å²) in [6.45, 7) is 15.4. The van der Waals surface area contributed by atoms with Crippen molar-refractivity contribution < 1.29 is 4.74 Å². The SMILES string of the molecule is CC1(CN2CCOC(c3nc(C(C)(C)C)cs3)C2)CCNC1.Cl. The second-order valence-corrected chi connectivity index (χ2v) is 9.04. The molecule has 0 bridgehead atoms. The van der Waals surface area contributed by atoms with Crippen LogP contribution in [0.5, 0.6) is 0 Å². The van der Waals surface area contributed by atoms with E-state index in [1.54, 1.807) is 11.3 Å². The molecule has 1 aromatic rings. The molecule has 3 rings (SSSR count). The zero-order valence-electron chi connectivity index (χ0n) is 14.7. The van der Waals surface area contributed by atoms with Gasteiger partial charge in [-0.1, -0.05) is 27.7 Å². The van der Waals surface area contributed by atoms with Crippen LogP contribution in [0, 0.1) is 5.41 Å². The van der Waals surface area contributed by atoms with Crippen LogP contribution in [-0.4, -0.2) is 49.2 Å². The van der Waals surface area contributed by atoms with Crippen LogP contribution in [0.3, 0.4) is 0 Å². The molecule has 1 aromatic heterocycles. The summed E-state index contributed by atoms with van der Waals surface area (Å²) in [5.41, 5.74) is 1.72. The van der Waals surface area contributed by atoms with E-state index in [1.165, 1.54) is 12.1 Å². The molecule has 2 unspecified atom stereocenters. The summed E-state index contributed by atoms with van der Waals surface area (Å²) in [7, 11) is 0. The lowest BCUT2D eigenvalue weighted by molar-refractivity contribution is -0.0402. The van der Waals surface area contributed by atoms with Crippen molar-refractivity contribution in [1.82, 2.24) is 15.2 Å². The first kappa shape index (κ1) is 19.1. The first-order valence-corrected chi connectivity index (χ1v) is 9.24. The summed E-state index contributed by atoms with van der Waals surface area (Å²) in [6, 6.07) is 0. The number of ether oxygens (including phenoxy) is 1. The average molecular weight is 360 g/mol. The fourth-order valence-corrected chi connectivity index (χ4v) is 4.40. The Labute approximate surface area is 150 Å². The summed E-state index contributed by atoms with van der Waals surface area (Å²) in [5.74, 6) is 0. The molecule has 0 saturated carbocycles. The first-order chi connectivity index (χ1) is 10.4. The second-order valence-electron chi connectivity index (χ2n) is 8.15. The van der Waals surface area contributed by atoms with Gasteiger partial charge in [-0.05, 0) is 18.4 Å². The molecule has 2 fully saturated rings. The third kappa shape index (κ3) is 4.67. The molecular formula is C17H30ClN3OS. The number of hydrogen-bond donors (Lipinski definition) is 1. The van der Waals surface area contributed by atoms with E-state index in [2.05, 4.69) is 43.3 Å². The number of thiazole rings is 1. The van der Waals surface area contributed by atoms with Gasteiger partial charge in [-0.2, -0.15) is 0 Å². The Bertz CT molecular complexity index is 508. The Morgan fingerprint density at radius 2 is 2.26 bits per heavy atom. The molecule has 0 aliphatic carbocycles. The van der Waals surface area contributed by atoms with Gasteiger partial charge in [0.15, 0.2) is 0 Å². The molecule has 1 N–H and O–H groups in total. The van der Waals surface area contributed by atoms with E-state index >= 15 is 0 Å². The number of morpholine rings is 1. The van der Waals surface area contributed by atoms with Crippen molar-refractivity contribution in [1.29, 1.82) is 0 Å². The monoisotopic (exact) mass is 359 g/mol. The van der Waals surface area contributed by atoms with Gasteiger partial charge in [0.1, 0.15) is 11.1 Å². The fraction of sp³-hybridized carbons (Fsp3) is 0.824. The highest BCUT2D eigenvalue weighted by atomic mass is 35.5. The highest BCUT2D eigenvalue weighted by molar-refractivity contribution is 7.09. The van der Waals surface area contributed by atoms with Gasteiger partial charge in [0.25, 0.3) is 0 Å². The number of halogens is 1. The molecule has 0 aromatic carbocycles. The molecule has 2 atom stereocenters. The molecule has 4 nitrogen and oxygen atoms in total. The van der Waals surface area contributed by atoms with Crippen LogP contribution in [-0.2, 0) is 10.2 Å². The molecule has 2 aliphatic heterocycles. The summed E-state index contributed by atoms with van der Waals surface area (Å²) >= 11 is 1.75. The average Bonchev–Trinajstić information content (AvgIpc) is 3.07. The van der Waals surface area contributed by atoms with Crippen molar-refractivity contribution in [3.05, 3.63) is 16.1 Å². The van der Waals surface area contributed by atoms with Crippen molar-refractivity contribution in [2.45, 2.75) is 45.6 Å². The third-order valence-electron chi connectivity index (χ3n) is 4.78. The van der Waals surface area contributed by atoms with Crippen LogP contribution in [0.1, 0.15) is 50.9 Å². The molecule has 23 heavy (non-hydrogen) atoms. The van der Waals surface area contributed by atoms with Gasteiger partial charge < -0.3 is 10.1 Å². The number of nitrogens with zero attached hydrogens (tertiary/aromatic N) is 2. The van der Waals surface area contributed by atoms with Gasteiger partial charge in [-0.25, -0.2) is 4.98 Å². The molecule has 2 aliphatic rings. The zero-order valence-corrected chi connectivity index (χ0v) is 16.4. The predicted molar refractivity (Wildman–Crippen MR) is 98.8 cm³/mol. The zero-order chi connectivity index (χ0) is 15.8. The Kier molecular flexibility index (Phi) is 6.12. The molecule has 0 radical (unpaired) electrons. The lowest BCUT2D eigenvalue weighted by Gasteiger charge is -2.37. The van der Waals surface area contributed by atoms with Crippen LogP contribution in [0.15, 0.2) is 5.38 Å². The molecule has 0 spiro atoms. The minimum Gasteiger partial charge on any atom is -0.368 e. The molecule has 2 saturated heterocycles. The van der Waals surface area contributed by atoms with E-state index in [9.17, 15) is 0 Å². The number of rotatable bonds is 3. The Morgan fingerprint density at radius 1 is 1.48 bits per heavy atom. The van der Waals surface area contributed by atoms with Crippen molar-refractivity contribution in [2.75, 3.05) is 39.3 Å². The highest BCUT2D eigenvalue weighted by Crippen LogP contribution is 2.32. The van der Waals surface area contributed by atoms with Gasteiger partial charge in [0.05, 0.1) is 12.3 Å². The smallest absolute Gasteiger partial charge is 0.123 e. The van der Waals surface area contributed by atoms with E-state index < -0.39 is 0 Å². The van der Waals surface area contributed by atoms with E-state index in [-0.39, 0.29) is 23.9 Å². The van der Waals surface area contributed by atoms with Crippen molar-refractivity contribution in [3.8, 4) is 0 Å². The van der Waals surface area contributed by atoms with Gasteiger partial charge in [-0.3, -0.25) is 4.90 Å². The van der Waals surface area contributed by atoms with Gasteiger partial charge in [0.2, 0.25) is 0 Å². The lowest BCUT2D eigenvalue weighted by Crippen LogP contribution is -2.44. The number of nitrogens with one attached hydrogen (secondary N) is 1. The van der Waals surface area contributed by atoms with Gasteiger partial charge in [0, 0.05) is 37.0 Å². The third-order valence-corrected chi connectivity index (χ3v) is 5.72. The van der Waals surface area contributed by atoms with Crippen LogP contribution >= 0.6 is 23.7 Å². The van der Waals surface area contributed by atoms with Crippen molar-refractivity contribution >= 4 is 23.7 Å². The highest BCUT2D eigenvalue weighted by Gasteiger charge is 2.33. The molecule has 6 heteroatoms. The molecule has 0 amide bonds. The predicted octanol–water partition coefficient (Wildman–Crippen LogP) is 3.24. The van der Waals surface area contributed by atoms with Crippen LogP contribution in [0.4, 0.5) is 0 Å². The number of aromatic nitrogens is 1. The Balaban J connectivity index is 0.00000192. The molecule has 132 valence electrons. The van der Waals surface area contributed by atoms with Crippen molar-refractivity contribution in [3.63, 3.8) is 0 Å². The van der Waals surface area contributed by atoms with Crippen LogP contribution in [0.2, 0.25) is 0 Å². The van der Waals surface area contributed by atoms with Gasteiger partial charge in [-0.15, -0.1) is 23.7 Å².